The van der Waals surface area contributed by atoms with Gasteiger partial charge in [-0.1, -0.05) is 13.0 Å². The maximum atomic E-state index is 12.0. The summed E-state index contributed by atoms with van der Waals surface area (Å²) in [6.07, 6.45) is 3.31. The summed E-state index contributed by atoms with van der Waals surface area (Å²) in [4.78, 5) is 16.2. The second-order valence-electron chi connectivity index (χ2n) is 4.42. The number of carbonyl (C=O) groups is 1. The number of hydrogen-bond donors (Lipinski definition) is 2. The first-order chi connectivity index (χ1) is 9.79. The molecule has 20 heavy (non-hydrogen) atoms. The lowest BCUT2D eigenvalue weighted by Gasteiger charge is -2.07. The molecule has 0 radical (unpaired) electrons. The molecule has 0 fully saturated rings. The predicted octanol–water partition coefficient (Wildman–Crippen LogP) is 2.47. The van der Waals surface area contributed by atoms with Gasteiger partial charge in [0.2, 0.25) is 0 Å². The van der Waals surface area contributed by atoms with Gasteiger partial charge in [0, 0.05) is 19.5 Å². The molecule has 0 unspecified atom stereocenters. The third-order valence-electron chi connectivity index (χ3n) is 2.77. The Bertz CT molecular complexity index is 538. The van der Waals surface area contributed by atoms with E-state index in [1.165, 1.54) is 0 Å². The summed E-state index contributed by atoms with van der Waals surface area (Å²) in [6.45, 7) is 3.45. The van der Waals surface area contributed by atoms with Crippen LogP contribution in [0.2, 0.25) is 0 Å². The van der Waals surface area contributed by atoms with E-state index >= 15 is 0 Å². The highest BCUT2D eigenvalue weighted by atomic mass is 16.3. The molecular formula is C15H19N3O2. The summed E-state index contributed by atoms with van der Waals surface area (Å²) in [6, 6.07) is 9.11. The van der Waals surface area contributed by atoms with Gasteiger partial charge < -0.3 is 15.1 Å². The Morgan fingerprint density at radius 3 is 2.90 bits per heavy atom. The fourth-order valence-electron chi connectivity index (χ4n) is 1.76. The molecule has 0 aliphatic carbocycles. The monoisotopic (exact) mass is 273 g/mol. The lowest BCUT2D eigenvalue weighted by molar-refractivity contribution is 0.0949. The third-order valence-corrected chi connectivity index (χ3v) is 2.77. The van der Waals surface area contributed by atoms with Crippen LogP contribution < -0.4 is 10.6 Å². The second kappa shape index (κ2) is 7.33. The van der Waals surface area contributed by atoms with Crippen molar-refractivity contribution in [2.45, 2.75) is 19.8 Å². The first-order valence-corrected chi connectivity index (χ1v) is 6.81. The Labute approximate surface area is 118 Å². The Morgan fingerprint density at radius 2 is 2.15 bits per heavy atom. The number of aromatic nitrogens is 1. The molecular weight excluding hydrogens is 254 g/mol. The van der Waals surface area contributed by atoms with Crippen molar-refractivity contribution in [1.82, 2.24) is 10.3 Å². The summed E-state index contributed by atoms with van der Waals surface area (Å²) < 4.78 is 5.21. The number of anilines is 1. The Kier molecular flexibility index (Phi) is 5.17. The van der Waals surface area contributed by atoms with Gasteiger partial charge in [-0.2, -0.15) is 0 Å². The molecule has 2 rings (SSSR count). The average Bonchev–Trinajstić information content (AvgIpc) is 2.98. The predicted molar refractivity (Wildman–Crippen MR) is 77.8 cm³/mol. The van der Waals surface area contributed by atoms with Crippen LogP contribution in [-0.2, 0) is 6.42 Å². The van der Waals surface area contributed by atoms with Crippen LogP contribution in [0.5, 0.6) is 0 Å². The summed E-state index contributed by atoms with van der Waals surface area (Å²) in [5.74, 6) is 1.42. The lowest BCUT2D eigenvalue weighted by Crippen LogP contribution is -2.26. The molecule has 0 saturated carbocycles. The molecule has 0 bridgehead atoms. The Morgan fingerprint density at radius 1 is 1.25 bits per heavy atom. The molecule has 2 aromatic rings. The summed E-state index contributed by atoms with van der Waals surface area (Å²) >= 11 is 0. The Balaban J connectivity index is 1.85. The van der Waals surface area contributed by atoms with Gasteiger partial charge in [-0.3, -0.25) is 4.79 Å². The van der Waals surface area contributed by atoms with Crippen LogP contribution >= 0.6 is 0 Å². The smallest absolute Gasteiger partial charge is 0.269 e. The molecule has 5 heteroatoms. The van der Waals surface area contributed by atoms with E-state index in [0.717, 1.165) is 24.5 Å². The molecule has 5 nitrogen and oxygen atoms in total. The van der Waals surface area contributed by atoms with E-state index in [2.05, 4.69) is 22.5 Å². The van der Waals surface area contributed by atoms with Gasteiger partial charge in [0.25, 0.3) is 5.91 Å². The van der Waals surface area contributed by atoms with Gasteiger partial charge in [-0.15, -0.1) is 0 Å². The minimum absolute atomic E-state index is 0.170. The number of furan rings is 1. The number of amides is 1. The first kappa shape index (κ1) is 14.1. The zero-order valence-electron chi connectivity index (χ0n) is 11.6. The maximum absolute atomic E-state index is 12.0. The van der Waals surface area contributed by atoms with Gasteiger partial charge in [0.15, 0.2) is 0 Å². The molecule has 2 heterocycles. The van der Waals surface area contributed by atoms with Gasteiger partial charge in [0.1, 0.15) is 17.3 Å². The molecule has 2 N–H and O–H groups in total. The summed E-state index contributed by atoms with van der Waals surface area (Å²) in [7, 11) is 0. The number of carbonyl (C=O) groups excluding carboxylic acids is 1. The van der Waals surface area contributed by atoms with Crippen molar-refractivity contribution in [1.29, 1.82) is 0 Å². The van der Waals surface area contributed by atoms with E-state index in [-0.39, 0.29) is 5.91 Å². The highest BCUT2D eigenvalue weighted by Gasteiger charge is 2.07. The number of hydrogen-bond acceptors (Lipinski definition) is 4. The number of pyridine rings is 1. The number of rotatable bonds is 7. The molecule has 0 aliphatic heterocycles. The van der Waals surface area contributed by atoms with Crippen molar-refractivity contribution in [3.63, 3.8) is 0 Å². The van der Waals surface area contributed by atoms with Crippen LogP contribution in [-0.4, -0.2) is 24.0 Å². The van der Waals surface area contributed by atoms with Crippen molar-refractivity contribution in [2.75, 3.05) is 18.4 Å². The van der Waals surface area contributed by atoms with Crippen molar-refractivity contribution < 1.29 is 9.21 Å². The molecule has 0 atom stereocenters. The molecule has 1 amide bonds. The molecule has 0 saturated heterocycles. The lowest BCUT2D eigenvalue weighted by atomic mass is 10.3. The van der Waals surface area contributed by atoms with Gasteiger partial charge in [-0.05, 0) is 30.7 Å². The second-order valence-corrected chi connectivity index (χ2v) is 4.42. The number of nitrogens with zero attached hydrogens (tertiary/aromatic N) is 1. The van der Waals surface area contributed by atoms with E-state index in [1.54, 1.807) is 12.3 Å². The average molecular weight is 273 g/mol. The molecule has 0 aliphatic rings. The van der Waals surface area contributed by atoms with Gasteiger partial charge in [0.05, 0.1) is 6.26 Å². The van der Waals surface area contributed by atoms with Crippen LogP contribution in [0.25, 0.3) is 0 Å². The maximum Gasteiger partial charge on any atom is 0.269 e. The van der Waals surface area contributed by atoms with Crippen LogP contribution in [0.3, 0.4) is 0 Å². The molecule has 0 spiro atoms. The van der Waals surface area contributed by atoms with Crippen molar-refractivity contribution in [2.24, 2.45) is 0 Å². The SMILES string of the molecule is CCCNc1cccc(C(=O)NCCc2ccco2)n1. The van der Waals surface area contributed by atoms with Crippen LogP contribution in [0, 0.1) is 0 Å². The van der Waals surface area contributed by atoms with Crippen molar-refractivity contribution in [3.8, 4) is 0 Å². The first-order valence-electron chi connectivity index (χ1n) is 6.81. The van der Waals surface area contributed by atoms with E-state index < -0.39 is 0 Å². The van der Waals surface area contributed by atoms with E-state index in [4.69, 9.17) is 4.42 Å². The van der Waals surface area contributed by atoms with Crippen molar-refractivity contribution >= 4 is 11.7 Å². The van der Waals surface area contributed by atoms with Crippen LogP contribution in [0.1, 0.15) is 29.6 Å². The van der Waals surface area contributed by atoms with E-state index in [9.17, 15) is 4.79 Å². The summed E-state index contributed by atoms with van der Waals surface area (Å²) in [5.41, 5.74) is 0.422. The number of nitrogens with one attached hydrogen (secondary N) is 2. The van der Waals surface area contributed by atoms with Gasteiger partial charge >= 0.3 is 0 Å². The van der Waals surface area contributed by atoms with Crippen LogP contribution in [0.4, 0.5) is 5.82 Å². The normalized spacial score (nSPS) is 10.2. The highest BCUT2D eigenvalue weighted by Crippen LogP contribution is 2.05. The zero-order chi connectivity index (χ0) is 14.2. The minimum atomic E-state index is -0.170. The molecule has 2 aromatic heterocycles. The third kappa shape index (κ3) is 4.12. The van der Waals surface area contributed by atoms with Crippen LogP contribution in [0.15, 0.2) is 41.0 Å². The largest absolute Gasteiger partial charge is 0.469 e. The Hall–Kier alpha value is -2.30. The quantitative estimate of drug-likeness (QED) is 0.813. The topological polar surface area (TPSA) is 67.2 Å². The summed E-state index contributed by atoms with van der Waals surface area (Å²) in [5, 5.41) is 5.99. The zero-order valence-corrected chi connectivity index (χ0v) is 11.6. The minimum Gasteiger partial charge on any atom is -0.469 e. The highest BCUT2D eigenvalue weighted by molar-refractivity contribution is 5.92. The van der Waals surface area contributed by atoms with E-state index in [1.807, 2.05) is 24.3 Å². The fourth-order valence-corrected chi connectivity index (χ4v) is 1.76. The molecule has 0 aromatic carbocycles. The van der Waals surface area contributed by atoms with Gasteiger partial charge in [-0.25, -0.2) is 4.98 Å². The van der Waals surface area contributed by atoms with Crippen molar-refractivity contribution in [3.05, 3.63) is 48.0 Å². The fraction of sp³-hybridized carbons (Fsp3) is 0.333. The van der Waals surface area contributed by atoms with E-state index in [0.29, 0.717) is 18.7 Å². The molecule has 106 valence electrons. The standard InChI is InChI=1S/C15H19N3O2/c1-2-9-16-14-7-3-6-13(18-14)15(19)17-10-8-12-5-4-11-20-12/h3-7,11H,2,8-10H2,1H3,(H,16,18)(H,17,19).